The summed E-state index contributed by atoms with van der Waals surface area (Å²) >= 11 is 0. The third-order valence-electron chi connectivity index (χ3n) is 4.16. The van der Waals surface area contributed by atoms with Crippen LogP contribution in [-0.2, 0) is 9.53 Å². The smallest absolute Gasteiger partial charge is 0.305 e. The lowest BCUT2D eigenvalue weighted by atomic mass is 9.94. The lowest BCUT2D eigenvalue weighted by Gasteiger charge is -2.26. The molecule has 0 aromatic carbocycles. The third kappa shape index (κ3) is 3.09. The van der Waals surface area contributed by atoms with E-state index in [-0.39, 0.29) is 25.0 Å². The number of ether oxygens (including phenoxy) is 1. The zero-order chi connectivity index (χ0) is 17.3. The molecule has 2 aromatic rings. The Balaban J connectivity index is 1.84. The molecule has 8 heteroatoms. The van der Waals surface area contributed by atoms with Crippen LogP contribution in [0, 0.1) is 0 Å². The predicted octanol–water partition coefficient (Wildman–Crippen LogP) is 1.38. The second-order valence-corrected chi connectivity index (χ2v) is 6.43. The first-order valence-electron chi connectivity index (χ1n) is 7.85. The van der Waals surface area contributed by atoms with Gasteiger partial charge in [-0.25, -0.2) is 9.67 Å². The molecule has 3 heterocycles. The molecule has 8 nitrogen and oxygen atoms in total. The van der Waals surface area contributed by atoms with E-state index in [1.807, 2.05) is 13.8 Å². The molecule has 0 bridgehead atoms. The van der Waals surface area contributed by atoms with Crippen molar-refractivity contribution >= 4 is 22.9 Å². The minimum absolute atomic E-state index is 0.167. The summed E-state index contributed by atoms with van der Waals surface area (Å²) in [6.07, 6.45) is 3.47. The van der Waals surface area contributed by atoms with Crippen LogP contribution in [0.4, 0.5) is 0 Å². The van der Waals surface area contributed by atoms with Crippen LogP contribution in [-0.4, -0.2) is 50.5 Å². The van der Waals surface area contributed by atoms with Crippen molar-refractivity contribution < 1.29 is 19.4 Å². The highest BCUT2D eigenvalue weighted by Gasteiger charge is 2.38. The fraction of sp³-hybridized carbons (Fsp3) is 0.500. The zero-order valence-corrected chi connectivity index (χ0v) is 13.7. The summed E-state index contributed by atoms with van der Waals surface area (Å²) in [7, 11) is 0. The van der Waals surface area contributed by atoms with Gasteiger partial charge in [0.15, 0.2) is 5.65 Å². The maximum atomic E-state index is 12.5. The molecule has 2 N–H and O–H groups in total. The van der Waals surface area contributed by atoms with E-state index >= 15 is 0 Å². The Bertz CT molecular complexity index is 777. The highest BCUT2D eigenvalue weighted by atomic mass is 16.5. The van der Waals surface area contributed by atoms with Gasteiger partial charge in [-0.2, -0.15) is 5.10 Å². The fourth-order valence-electron chi connectivity index (χ4n) is 2.93. The number of carboxylic acid groups (broad SMARTS) is 1. The molecule has 1 aliphatic rings. The van der Waals surface area contributed by atoms with Crippen molar-refractivity contribution in [1.29, 1.82) is 0 Å². The number of carbonyl (C=O) groups is 2. The van der Waals surface area contributed by atoms with Crippen LogP contribution in [0.3, 0.4) is 0 Å². The molecule has 1 fully saturated rings. The average Bonchev–Trinajstić information content (AvgIpc) is 3.12. The molecular formula is C16H20N4O4. The van der Waals surface area contributed by atoms with Crippen molar-refractivity contribution in [2.24, 2.45) is 0 Å². The van der Waals surface area contributed by atoms with Crippen molar-refractivity contribution in [2.45, 2.75) is 38.3 Å². The minimum Gasteiger partial charge on any atom is -0.481 e. The summed E-state index contributed by atoms with van der Waals surface area (Å²) in [6, 6.07) is 1.89. The monoisotopic (exact) mass is 332 g/mol. The number of amides is 1. The average molecular weight is 332 g/mol. The van der Waals surface area contributed by atoms with Gasteiger partial charge in [-0.05, 0) is 26.3 Å². The molecule has 1 unspecified atom stereocenters. The Kier molecular flexibility index (Phi) is 4.23. The number of hydrogen-bond acceptors (Lipinski definition) is 5. The third-order valence-corrected chi connectivity index (χ3v) is 4.16. The van der Waals surface area contributed by atoms with Gasteiger partial charge in [0.1, 0.15) is 0 Å². The Morgan fingerprint density at radius 3 is 2.88 bits per heavy atom. The van der Waals surface area contributed by atoms with Gasteiger partial charge in [0, 0.05) is 24.2 Å². The second kappa shape index (κ2) is 6.20. The van der Waals surface area contributed by atoms with Crippen LogP contribution in [0.2, 0.25) is 0 Å². The minimum atomic E-state index is -0.965. The summed E-state index contributed by atoms with van der Waals surface area (Å²) in [4.78, 5) is 28.0. The van der Waals surface area contributed by atoms with E-state index in [0.717, 1.165) is 5.39 Å². The Labute approximate surface area is 138 Å². The first-order chi connectivity index (χ1) is 11.4. The molecule has 0 saturated carbocycles. The maximum absolute atomic E-state index is 12.5. The molecule has 3 rings (SSSR count). The summed E-state index contributed by atoms with van der Waals surface area (Å²) in [5.74, 6) is -1.32. The first-order valence-corrected chi connectivity index (χ1v) is 7.85. The summed E-state index contributed by atoms with van der Waals surface area (Å²) in [5, 5.41) is 17.0. The fourth-order valence-corrected chi connectivity index (χ4v) is 2.93. The molecule has 24 heavy (non-hydrogen) atoms. The largest absolute Gasteiger partial charge is 0.481 e. The molecule has 1 saturated heterocycles. The van der Waals surface area contributed by atoms with E-state index in [1.165, 1.54) is 6.20 Å². The van der Waals surface area contributed by atoms with Crippen LogP contribution in [0.25, 0.3) is 11.0 Å². The molecule has 1 aliphatic heterocycles. The molecule has 1 atom stereocenters. The number of pyridine rings is 1. The van der Waals surface area contributed by atoms with Gasteiger partial charge in [0.05, 0.1) is 30.3 Å². The predicted molar refractivity (Wildman–Crippen MR) is 85.8 cm³/mol. The van der Waals surface area contributed by atoms with E-state index in [0.29, 0.717) is 24.2 Å². The summed E-state index contributed by atoms with van der Waals surface area (Å²) in [5.41, 5.74) is 0.230. The van der Waals surface area contributed by atoms with Crippen LogP contribution >= 0.6 is 0 Å². The molecule has 0 aliphatic carbocycles. The Morgan fingerprint density at radius 2 is 2.25 bits per heavy atom. The van der Waals surface area contributed by atoms with Gasteiger partial charge in [0.2, 0.25) is 0 Å². The number of carbonyl (C=O) groups excluding carboxylic acids is 1. The van der Waals surface area contributed by atoms with E-state index in [2.05, 4.69) is 15.4 Å². The molecule has 2 aromatic heterocycles. The number of aliphatic carboxylic acids is 1. The van der Waals surface area contributed by atoms with Gasteiger partial charge in [0.25, 0.3) is 5.91 Å². The normalized spacial score (nSPS) is 20.6. The van der Waals surface area contributed by atoms with Crippen molar-refractivity contribution in [2.75, 3.05) is 13.2 Å². The van der Waals surface area contributed by atoms with Crippen molar-refractivity contribution in [3.63, 3.8) is 0 Å². The number of carboxylic acids is 1. The number of aromatic nitrogens is 3. The lowest BCUT2D eigenvalue weighted by Crippen LogP contribution is -2.50. The van der Waals surface area contributed by atoms with Crippen LogP contribution in [0.5, 0.6) is 0 Å². The number of fused-ring (bicyclic) bond motifs is 1. The van der Waals surface area contributed by atoms with Gasteiger partial charge in [-0.1, -0.05) is 0 Å². The number of rotatable bonds is 5. The Hall–Kier alpha value is -2.48. The number of nitrogens with zero attached hydrogens (tertiary/aromatic N) is 3. The molecular weight excluding hydrogens is 312 g/mol. The highest BCUT2D eigenvalue weighted by molar-refractivity contribution is 5.97. The van der Waals surface area contributed by atoms with Crippen molar-refractivity contribution in [3.8, 4) is 0 Å². The Morgan fingerprint density at radius 1 is 1.46 bits per heavy atom. The van der Waals surface area contributed by atoms with E-state index in [4.69, 9.17) is 9.84 Å². The van der Waals surface area contributed by atoms with Gasteiger partial charge < -0.3 is 15.2 Å². The highest BCUT2D eigenvalue weighted by Crippen LogP contribution is 2.24. The van der Waals surface area contributed by atoms with Gasteiger partial charge >= 0.3 is 5.97 Å². The summed E-state index contributed by atoms with van der Waals surface area (Å²) in [6.45, 7) is 4.65. The number of hydrogen-bond donors (Lipinski definition) is 2. The van der Waals surface area contributed by atoms with Gasteiger partial charge in [-0.15, -0.1) is 0 Å². The second-order valence-electron chi connectivity index (χ2n) is 6.43. The van der Waals surface area contributed by atoms with Crippen LogP contribution < -0.4 is 5.32 Å². The van der Waals surface area contributed by atoms with E-state index in [1.54, 1.807) is 16.9 Å². The SMILES string of the molecule is CC(C)n1ncc2cc(C(=O)NC3(CC(=O)O)CCOC3)cnc21. The molecule has 0 radical (unpaired) electrons. The van der Waals surface area contributed by atoms with Crippen molar-refractivity contribution in [1.82, 2.24) is 20.1 Å². The topological polar surface area (TPSA) is 106 Å². The van der Waals surface area contributed by atoms with Crippen LogP contribution in [0.15, 0.2) is 18.5 Å². The standard InChI is InChI=1S/C16H20N4O4/c1-10(2)20-14-11(8-18-20)5-12(7-17-14)15(23)19-16(6-13(21)22)3-4-24-9-16/h5,7-8,10H,3-4,6,9H2,1-2H3,(H,19,23)(H,21,22). The van der Waals surface area contributed by atoms with E-state index in [9.17, 15) is 9.59 Å². The first kappa shape index (κ1) is 16.4. The summed E-state index contributed by atoms with van der Waals surface area (Å²) < 4.78 is 7.08. The molecule has 128 valence electrons. The maximum Gasteiger partial charge on any atom is 0.305 e. The molecule has 1 amide bonds. The van der Waals surface area contributed by atoms with Gasteiger partial charge in [-0.3, -0.25) is 9.59 Å². The van der Waals surface area contributed by atoms with Crippen LogP contribution in [0.1, 0.15) is 43.1 Å². The molecule has 0 spiro atoms. The van der Waals surface area contributed by atoms with E-state index < -0.39 is 11.5 Å². The lowest BCUT2D eigenvalue weighted by molar-refractivity contribution is -0.138. The quantitative estimate of drug-likeness (QED) is 0.856. The zero-order valence-electron chi connectivity index (χ0n) is 13.7. The van der Waals surface area contributed by atoms with Crippen molar-refractivity contribution in [3.05, 3.63) is 24.0 Å². The number of nitrogens with one attached hydrogen (secondary N) is 1.